The minimum atomic E-state index is -4.57. The van der Waals surface area contributed by atoms with Gasteiger partial charge in [-0.15, -0.1) is 0 Å². The van der Waals surface area contributed by atoms with Crippen LogP contribution < -0.4 is 5.32 Å². The number of nitrogens with one attached hydrogen (secondary N) is 1. The van der Waals surface area contributed by atoms with Crippen molar-refractivity contribution in [1.29, 1.82) is 0 Å². The molecular weight excluding hydrogens is 215 g/mol. The van der Waals surface area contributed by atoms with Crippen LogP contribution in [0, 0.1) is 5.92 Å². The molecule has 1 saturated heterocycles. The van der Waals surface area contributed by atoms with Crippen molar-refractivity contribution in [1.82, 2.24) is 5.32 Å². The number of hydrogen-bond donors (Lipinski definition) is 1. The minimum absolute atomic E-state index is 0.0181. The molecule has 1 fully saturated rings. The SMILES string of the molecule is CCOC(=O)C1NC(=O)CC1C(F)(F)F. The van der Waals surface area contributed by atoms with E-state index in [2.05, 4.69) is 4.74 Å². The van der Waals surface area contributed by atoms with Gasteiger partial charge in [-0.2, -0.15) is 13.2 Å². The Labute approximate surface area is 83.8 Å². The fourth-order valence-corrected chi connectivity index (χ4v) is 1.41. The molecule has 15 heavy (non-hydrogen) atoms. The van der Waals surface area contributed by atoms with E-state index >= 15 is 0 Å². The average molecular weight is 225 g/mol. The van der Waals surface area contributed by atoms with Gasteiger partial charge in [-0.25, -0.2) is 4.79 Å². The highest BCUT2D eigenvalue weighted by Crippen LogP contribution is 2.35. The summed E-state index contributed by atoms with van der Waals surface area (Å²) in [5.41, 5.74) is 0. The molecule has 0 aliphatic carbocycles. The molecule has 0 spiro atoms. The molecule has 1 heterocycles. The van der Waals surface area contributed by atoms with Gasteiger partial charge in [0, 0.05) is 6.42 Å². The number of alkyl halides is 3. The normalized spacial score (nSPS) is 26.3. The van der Waals surface area contributed by atoms with E-state index in [1.54, 1.807) is 0 Å². The Balaban J connectivity index is 2.77. The second-order valence-electron chi connectivity index (χ2n) is 3.15. The summed E-state index contributed by atoms with van der Waals surface area (Å²) in [6.07, 6.45) is -5.29. The van der Waals surface area contributed by atoms with E-state index in [9.17, 15) is 22.8 Å². The van der Waals surface area contributed by atoms with Crippen molar-refractivity contribution >= 4 is 11.9 Å². The molecule has 0 radical (unpaired) electrons. The van der Waals surface area contributed by atoms with Crippen LogP contribution in [0.2, 0.25) is 0 Å². The van der Waals surface area contributed by atoms with E-state index in [4.69, 9.17) is 0 Å². The van der Waals surface area contributed by atoms with Gasteiger partial charge in [-0.05, 0) is 6.92 Å². The van der Waals surface area contributed by atoms with Crippen LogP contribution in [-0.4, -0.2) is 30.7 Å². The van der Waals surface area contributed by atoms with Crippen molar-refractivity contribution < 1.29 is 27.5 Å². The smallest absolute Gasteiger partial charge is 0.394 e. The molecule has 0 aromatic rings. The zero-order valence-electron chi connectivity index (χ0n) is 7.93. The molecule has 7 heteroatoms. The Morgan fingerprint density at radius 2 is 2.20 bits per heavy atom. The standard InChI is InChI=1S/C8H10F3NO3/c1-2-15-7(14)6-4(8(9,10)11)3-5(13)12-6/h4,6H,2-3H2,1H3,(H,12,13). The molecule has 4 nitrogen and oxygen atoms in total. The van der Waals surface area contributed by atoms with Crippen LogP contribution in [0.4, 0.5) is 13.2 Å². The lowest BCUT2D eigenvalue weighted by Gasteiger charge is -2.19. The molecule has 1 aliphatic heterocycles. The number of rotatable bonds is 2. The minimum Gasteiger partial charge on any atom is -0.464 e. The third kappa shape index (κ3) is 2.60. The molecule has 0 saturated carbocycles. The van der Waals surface area contributed by atoms with Gasteiger partial charge < -0.3 is 10.1 Å². The van der Waals surface area contributed by atoms with Crippen LogP contribution >= 0.6 is 0 Å². The molecule has 1 N–H and O–H groups in total. The Morgan fingerprint density at radius 3 is 2.67 bits per heavy atom. The second-order valence-corrected chi connectivity index (χ2v) is 3.15. The van der Waals surface area contributed by atoms with Gasteiger partial charge in [-0.1, -0.05) is 0 Å². The van der Waals surface area contributed by atoms with E-state index in [-0.39, 0.29) is 6.61 Å². The third-order valence-electron chi connectivity index (χ3n) is 2.09. The Hall–Kier alpha value is -1.27. The maximum atomic E-state index is 12.4. The van der Waals surface area contributed by atoms with E-state index < -0.39 is 36.4 Å². The first-order valence-electron chi connectivity index (χ1n) is 4.39. The summed E-state index contributed by atoms with van der Waals surface area (Å²) in [6.45, 7) is 1.47. The maximum absolute atomic E-state index is 12.4. The summed E-state index contributed by atoms with van der Waals surface area (Å²) in [5, 5.41) is 1.96. The van der Waals surface area contributed by atoms with Gasteiger partial charge >= 0.3 is 12.1 Å². The summed E-state index contributed by atoms with van der Waals surface area (Å²) in [6, 6.07) is -1.60. The van der Waals surface area contributed by atoms with Crippen LogP contribution in [0.1, 0.15) is 13.3 Å². The number of carbonyl (C=O) groups excluding carboxylic acids is 2. The Kier molecular flexibility index (Phi) is 3.21. The van der Waals surface area contributed by atoms with E-state index in [1.165, 1.54) is 6.92 Å². The average Bonchev–Trinajstić information content (AvgIpc) is 2.47. The first kappa shape index (κ1) is 11.8. The van der Waals surface area contributed by atoms with Gasteiger partial charge in [0.1, 0.15) is 6.04 Å². The fourth-order valence-electron chi connectivity index (χ4n) is 1.41. The lowest BCUT2D eigenvalue weighted by molar-refractivity contribution is -0.185. The highest BCUT2D eigenvalue weighted by molar-refractivity contribution is 5.89. The van der Waals surface area contributed by atoms with E-state index in [1.807, 2.05) is 5.32 Å². The molecular formula is C8H10F3NO3. The Bertz CT molecular complexity index is 277. The summed E-state index contributed by atoms with van der Waals surface area (Å²) in [5.74, 6) is -3.80. The number of ether oxygens (including phenoxy) is 1. The van der Waals surface area contributed by atoms with Gasteiger partial charge in [0.05, 0.1) is 12.5 Å². The zero-order chi connectivity index (χ0) is 11.6. The first-order chi connectivity index (χ1) is 6.86. The molecule has 1 rings (SSSR count). The van der Waals surface area contributed by atoms with Crippen LogP contribution in [0.15, 0.2) is 0 Å². The summed E-state index contributed by atoms with van der Waals surface area (Å²) >= 11 is 0. The fraction of sp³-hybridized carbons (Fsp3) is 0.750. The summed E-state index contributed by atoms with van der Waals surface area (Å²) in [4.78, 5) is 21.9. The van der Waals surface area contributed by atoms with Crippen molar-refractivity contribution in [2.45, 2.75) is 25.6 Å². The van der Waals surface area contributed by atoms with Crippen molar-refractivity contribution in [3.8, 4) is 0 Å². The molecule has 0 aromatic carbocycles. The molecule has 0 bridgehead atoms. The van der Waals surface area contributed by atoms with Crippen LogP contribution in [0.5, 0.6) is 0 Å². The van der Waals surface area contributed by atoms with Crippen molar-refractivity contribution in [2.24, 2.45) is 5.92 Å². The summed E-state index contributed by atoms with van der Waals surface area (Å²) in [7, 11) is 0. The van der Waals surface area contributed by atoms with Gasteiger partial charge in [0.15, 0.2) is 0 Å². The second kappa shape index (κ2) is 4.08. The monoisotopic (exact) mass is 225 g/mol. The predicted octanol–water partition coefficient (Wildman–Crippen LogP) is 0.616. The van der Waals surface area contributed by atoms with Gasteiger partial charge in [-0.3, -0.25) is 4.79 Å². The molecule has 2 atom stereocenters. The molecule has 1 aliphatic rings. The lowest BCUT2D eigenvalue weighted by Crippen LogP contribution is -2.43. The molecule has 1 amide bonds. The van der Waals surface area contributed by atoms with Crippen LogP contribution in [-0.2, 0) is 14.3 Å². The highest BCUT2D eigenvalue weighted by Gasteiger charge is 2.53. The highest BCUT2D eigenvalue weighted by atomic mass is 19.4. The van der Waals surface area contributed by atoms with Crippen molar-refractivity contribution in [3.63, 3.8) is 0 Å². The zero-order valence-corrected chi connectivity index (χ0v) is 7.93. The van der Waals surface area contributed by atoms with Crippen LogP contribution in [0.3, 0.4) is 0 Å². The first-order valence-corrected chi connectivity index (χ1v) is 4.39. The van der Waals surface area contributed by atoms with E-state index in [0.29, 0.717) is 0 Å². The number of carbonyl (C=O) groups is 2. The Morgan fingerprint density at radius 1 is 1.60 bits per heavy atom. The number of halogens is 3. The van der Waals surface area contributed by atoms with E-state index in [0.717, 1.165) is 0 Å². The number of esters is 1. The topological polar surface area (TPSA) is 55.4 Å². The maximum Gasteiger partial charge on any atom is 0.394 e. The summed E-state index contributed by atoms with van der Waals surface area (Å²) < 4.78 is 41.6. The lowest BCUT2D eigenvalue weighted by atomic mass is 10.0. The van der Waals surface area contributed by atoms with Crippen LogP contribution in [0.25, 0.3) is 0 Å². The quantitative estimate of drug-likeness (QED) is 0.701. The molecule has 86 valence electrons. The van der Waals surface area contributed by atoms with Gasteiger partial charge in [0.2, 0.25) is 5.91 Å². The molecule has 0 aromatic heterocycles. The molecule has 2 unspecified atom stereocenters. The van der Waals surface area contributed by atoms with Crippen molar-refractivity contribution in [2.75, 3.05) is 6.61 Å². The third-order valence-corrected chi connectivity index (χ3v) is 2.09. The van der Waals surface area contributed by atoms with Gasteiger partial charge in [0.25, 0.3) is 0 Å². The number of amides is 1. The largest absolute Gasteiger partial charge is 0.464 e. The predicted molar refractivity (Wildman–Crippen MR) is 42.7 cm³/mol. The number of hydrogen-bond acceptors (Lipinski definition) is 3. The van der Waals surface area contributed by atoms with Crippen molar-refractivity contribution in [3.05, 3.63) is 0 Å².